The Morgan fingerprint density at radius 3 is 2.69 bits per heavy atom. The molecule has 0 unspecified atom stereocenters. The van der Waals surface area contributed by atoms with Gasteiger partial charge in [0.1, 0.15) is 5.82 Å². The summed E-state index contributed by atoms with van der Waals surface area (Å²) in [5.74, 6) is 0.135. The number of aryl methyl sites for hydroxylation is 2. The second kappa shape index (κ2) is 8.82. The predicted molar refractivity (Wildman–Crippen MR) is 137 cm³/mol. The van der Waals surface area contributed by atoms with Gasteiger partial charge in [-0.2, -0.15) is 0 Å². The highest BCUT2D eigenvalue weighted by Crippen LogP contribution is 2.31. The van der Waals surface area contributed by atoms with Crippen molar-refractivity contribution in [3.63, 3.8) is 0 Å². The van der Waals surface area contributed by atoms with Crippen LogP contribution >= 0.6 is 0 Å². The second-order valence-corrected chi connectivity index (χ2v) is 9.43. The minimum atomic E-state index is -0.176. The van der Waals surface area contributed by atoms with Crippen molar-refractivity contribution in [2.45, 2.75) is 45.9 Å². The summed E-state index contributed by atoms with van der Waals surface area (Å²) in [6, 6.07) is 11.3. The van der Waals surface area contributed by atoms with Gasteiger partial charge in [-0.25, -0.2) is 4.39 Å². The van der Waals surface area contributed by atoms with Crippen molar-refractivity contribution in [2.75, 3.05) is 18.0 Å². The molecule has 1 fully saturated rings. The first-order valence-electron chi connectivity index (χ1n) is 12.0. The number of pyridine rings is 2. The van der Waals surface area contributed by atoms with Crippen LogP contribution in [0.5, 0.6) is 0 Å². The fourth-order valence-electron chi connectivity index (χ4n) is 5.32. The minimum Gasteiger partial charge on any atom is -0.362 e. The van der Waals surface area contributed by atoms with E-state index in [0.717, 1.165) is 29.9 Å². The Hall–Kier alpha value is -3.70. The molecule has 3 aromatic heterocycles. The third-order valence-corrected chi connectivity index (χ3v) is 7.25. The summed E-state index contributed by atoms with van der Waals surface area (Å²) in [5.41, 5.74) is 3.96. The molecule has 4 aromatic rings. The van der Waals surface area contributed by atoms with E-state index in [1.54, 1.807) is 36.0 Å². The SMILES string of the molecule is [C-]#[N+]c1ccc2c(n1)c(N1C[C@@H](C)N(Cc3cccc4c3c(F)cn4CC)C[C@@H]1C)cc(=O)n2C. The number of hydrogen-bond acceptors (Lipinski definition) is 4. The van der Waals surface area contributed by atoms with Crippen LogP contribution in [0.2, 0.25) is 0 Å². The molecule has 0 spiro atoms. The Balaban J connectivity index is 1.48. The smallest absolute Gasteiger partial charge is 0.270 e. The van der Waals surface area contributed by atoms with Crippen LogP contribution < -0.4 is 10.5 Å². The minimum absolute atomic E-state index is 0.101. The van der Waals surface area contributed by atoms with E-state index < -0.39 is 0 Å². The molecule has 180 valence electrons. The van der Waals surface area contributed by atoms with Crippen molar-refractivity contribution < 1.29 is 4.39 Å². The lowest BCUT2D eigenvalue weighted by molar-refractivity contribution is 0.158. The number of benzene rings is 1. The molecule has 1 aliphatic heterocycles. The van der Waals surface area contributed by atoms with E-state index in [1.807, 2.05) is 29.7 Å². The molecule has 2 atom stereocenters. The standard InChI is InChI=1S/C27H29FN6O/c1-6-32-16-20(28)26-19(8-7-9-21(26)32)15-33-13-18(3)34(14-17(33)2)23-12-25(35)31(5)22-10-11-24(29-4)30-27(22)23/h7-12,16-18H,6,13-15H2,1-3,5H3/t17-,18+/m1/s1. The number of piperazine rings is 1. The molecule has 0 N–H and O–H groups in total. The van der Waals surface area contributed by atoms with Crippen molar-refractivity contribution in [3.8, 4) is 0 Å². The molecule has 0 saturated carbocycles. The van der Waals surface area contributed by atoms with Gasteiger partial charge < -0.3 is 18.9 Å². The quantitative estimate of drug-likeness (QED) is 0.404. The summed E-state index contributed by atoms with van der Waals surface area (Å²) >= 11 is 0. The van der Waals surface area contributed by atoms with Crippen molar-refractivity contribution in [1.29, 1.82) is 0 Å². The third kappa shape index (κ3) is 3.86. The summed E-state index contributed by atoms with van der Waals surface area (Å²) in [6.45, 7) is 16.5. The molecule has 0 aliphatic carbocycles. The number of rotatable bonds is 4. The molecule has 0 radical (unpaired) electrons. The molecule has 1 aromatic carbocycles. The summed E-state index contributed by atoms with van der Waals surface area (Å²) in [5, 5.41) is 0.699. The predicted octanol–water partition coefficient (Wildman–Crippen LogP) is 4.70. The average molecular weight is 473 g/mol. The molecule has 1 saturated heterocycles. The highest BCUT2D eigenvalue weighted by Gasteiger charge is 2.32. The Morgan fingerprint density at radius 1 is 1.14 bits per heavy atom. The van der Waals surface area contributed by atoms with Gasteiger partial charge >= 0.3 is 0 Å². The lowest BCUT2D eigenvalue weighted by Crippen LogP contribution is -2.56. The van der Waals surface area contributed by atoms with Crippen LogP contribution in [0.15, 0.2) is 47.4 Å². The summed E-state index contributed by atoms with van der Waals surface area (Å²) in [6.07, 6.45) is 1.59. The van der Waals surface area contributed by atoms with E-state index in [0.29, 0.717) is 35.3 Å². The lowest BCUT2D eigenvalue weighted by Gasteiger charge is -2.45. The molecule has 35 heavy (non-hydrogen) atoms. The number of halogens is 1. The molecule has 8 heteroatoms. The van der Waals surface area contributed by atoms with Gasteiger partial charge in [-0.1, -0.05) is 18.7 Å². The van der Waals surface area contributed by atoms with E-state index in [4.69, 9.17) is 6.57 Å². The van der Waals surface area contributed by atoms with Crippen molar-refractivity contribution in [2.24, 2.45) is 7.05 Å². The summed E-state index contributed by atoms with van der Waals surface area (Å²) < 4.78 is 18.4. The van der Waals surface area contributed by atoms with Crippen LogP contribution in [0, 0.1) is 12.4 Å². The largest absolute Gasteiger partial charge is 0.362 e. The zero-order valence-corrected chi connectivity index (χ0v) is 20.5. The maximum atomic E-state index is 14.8. The molecule has 4 heterocycles. The van der Waals surface area contributed by atoms with Gasteiger partial charge in [0.25, 0.3) is 11.4 Å². The Kier molecular flexibility index (Phi) is 5.81. The van der Waals surface area contributed by atoms with Crippen LogP contribution in [-0.4, -0.2) is 44.2 Å². The Morgan fingerprint density at radius 2 is 1.94 bits per heavy atom. The number of nitrogens with zero attached hydrogens (tertiary/aromatic N) is 6. The van der Waals surface area contributed by atoms with E-state index in [-0.39, 0.29) is 23.5 Å². The molecular weight excluding hydrogens is 443 g/mol. The van der Waals surface area contributed by atoms with E-state index >= 15 is 0 Å². The van der Waals surface area contributed by atoms with Crippen molar-refractivity contribution in [3.05, 3.63) is 75.7 Å². The zero-order chi connectivity index (χ0) is 24.9. The highest BCUT2D eigenvalue weighted by molar-refractivity contribution is 5.90. The van der Waals surface area contributed by atoms with Gasteiger partial charge in [-0.3, -0.25) is 9.69 Å². The van der Waals surface area contributed by atoms with Gasteiger partial charge in [0.2, 0.25) is 5.52 Å². The van der Waals surface area contributed by atoms with Crippen LogP contribution in [0.25, 0.3) is 26.8 Å². The molecule has 1 aliphatic rings. The van der Waals surface area contributed by atoms with Gasteiger partial charge in [0.15, 0.2) is 0 Å². The van der Waals surface area contributed by atoms with E-state index in [1.165, 1.54) is 0 Å². The first kappa shape index (κ1) is 23.1. The number of hydrogen-bond donors (Lipinski definition) is 0. The fourth-order valence-corrected chi connectivity index (χ4v) is 5.32. The molecule has 7 nitrogen and oxygen atoms in total. The van der Waals surface area contributed by atoms with Gasteiger partial charge in [0.05, 0.1) is 16.7 Å². The van der Waals surface area contributed by atoms with Gasteiger partial charge in [0, 0.05) is 63.0 Å². The summed E-state index contributed by atoms with van der Waals surface area (Å²) in [7, 11) is 1.73. The van der Waals surface area contributed by atoms with E-state index in [2.05, 4.69) is 33.5 Å². The summed E-state index contributed by atoms with van der Waals surface area (Å²) in [4.78, 5) is 25.4. The van der Waals surface area contributed by atoms with Crippen LogP contribution in [-0.2, 0) is 20.1 Å². The topological polar surface area (TPSA) is 50.7 Å². The number of anilines is 1. The highest BCUT2D eigenvalue weighted by atomic mass is 19.1. The average Bonchev–Trinajstić information content (AvgIpc) is 3.19. The second-order valence-electron chi connectivity index (χ2n) is 9.43. The normalized spacial score (nSPS) is 18.9. The lowest BCUT2D eigenvalue weighted by atomic mass is 10.0. The van der Waals surface area contributed by atoms with Crippen LogP contribution in [0.4, 0.5) is 15.9 Å². The fraction of sp³-hybridized carbons (Fsp3) is 0.370. The molecule has 0 amide bonds. The Bertz CT molecular complexity index is 1530. The van der Waals surface area contributed by atoms with Gasteiger partial charge in [-0.05, 0) is 44.5 Å². The van der Waals surface area contributed by atoms with E-state index in [9.17, 15) is 9.18 Å². The Labute approximate surface area is 203 Å². The maximum Gasteiger partial charge on any atom is 0.270 e. The van der Waals surface area contributed by atoms with Gasteiger partial charge in [-0.15, -0.1) is 4.98 Å². The number of aromatic nitrogens is 3. The monoisotopic (exact) mass is 472 g/mol. The maximum absolute atomic E-state index is 14.8. The third-order valence-electron chi connectivity index (χ3n) is 7.25. The molecule has 0 bridgehead atoms. The molecule has 5 rings (SSSR count). The first-order chi connectivity index (χ1) is 16.8. The number of fused-ring (bicyclic) bond motifs is 2. The van der Waals surface area contributed by atoms with Crippen molar-refractivity contribution in [1.82, 2.24) is 19.0 Å². The van der Waals surface area contributed by atoms with Crippen LogP contribution in [0.3, 0.4) is 0 Å². The molecular formula is C27H29FN6O. The van der Waals surface area contributed by atoms with Crippen molar-refractivity contribution >= 4 is 33.4 Å². The zero-order valence-electron chi connectivity index (χ0n) is 20.5. The van der Waals surface area contributed by atoms with Crippen LogP contribution in [0.1, 0.15) is 26.3 Å². The first-order valence-corrected chi connectivity index (χ1v) is 12.0.